The molecule has 0 N–H and O–H groups in total. The van der Waals surface area contributed by atoms with Crippen LogP contribution in [0.4, 0.5) is 0 Å². The zero-order valence-electron chi connectivity index (χ0n) is 16.3. The molecule has 0 saturated carbocycles. The van der Waals surface area contributed by atoms with Gasteiger partial charge in [-0.2, -0.15) is 0 Å². The smallest absolute Gasteiger partial charge is 0.334 e. The predicted octanol–water partition coefficient (Wildman–Crippen LogP) is 4.58. The quantitative estimate of drug-likeness (QED) is 0.632. The van der Waals surface area contributed by atoms with Gasteiger partial charge in [-0.05, 0) is 43.2 Å². The molecule has 142 valence electrons. The van der Waals surface area contributed by atoms with Crippen molar-refractivity contribution in [1.29, 1.82) is 0 Å². The first-order valence-corrected chi connectivity index (χ1v) is 9.43. The van der Waals surface area contributed by atoms with Crippen molar-refractivity contribution in [2.24, 2.45) is 0 Å². The molecule has 4 heteroatoms. The average molecular weight is 373 g/mol. The van der Waals surface area contributed by atoms with Gasteiger partial charge >= 0.3 is 5.97 Å². The van der Waals surface area contributed by atoms with E-state index in [0.29, 0.717) is 12.0 Å². The molecule has 28 heavy (non-hydrogen) atoms. The van der Waals surface area contributed by atoms with Gasteiger partial charge in [-0.15, -0.1) is 0 Å². The van der Waals surface area contributed by atoms with Crippen LogP contribution in [0.25, 0.3) is 10.8 Å². The van der Waals surface area contributed by atoms with Gasteiger partial charge in [0.2, 0.25) is 0 Å². The van der Waals surface area contributed by atoms with Crippen molar-refractivity contribution < 1.29 is 14.3 Å². The number of cyclic esters (lactones) is 1. The largest absolute Gasteiger partial charge is 0.438 e. The zero-order chi connectivity index (χ0) is 19.9. The summed E-state index contributed by atoms with van der Waals surface area (Å²) in [4.78, 5) is 28.2. The molecule has 3 aromatic rings. The van der Waals surface area contributed by atoms with Crippen molar-refractivity contribution in [2.75, 3.05) is 0 Å². The monoisotopic (exact) mass is 373 g/mol. The van der Waals surface area contributed by atoms with Crippen LogP contribution < -0.4 is 0 Å². The molecule has 1 fully saturated rings. The third-order valence-corrected chi connectivity index (χ3v) is 5.43. The number of carbonyl (C=O) groups excluding carboxylic acids is 2. The minimum Gasteiger partial charge on any atom is -0.438 e. The van der Waals surface area contributed by atoms with Crippen LogP contribution in [0.1, 0.15) is 36.7 Å². The standard InChI is InChI=1S/C24H23NO3/c1-23(2)25(21(26)20-15-9-13-18-12-7-8-14-19(18)20)24(3,22(27)28-23)16-17-10-5-4-6-11-17/h4-15H,16H2,1-3H3/t24-/m0/s1. The molecule has 1 heterocycles. The van der Waals surface area contributed by atoms with Crippen LogP contribution in [-0.4, -0.2) is 28.0 Å². The maximum atomic E-state index is 13.7. The molecular weight excluding hydrogens is 350 g/mol. The number of benzene rings is 3. The van der Waals surface area contributed by atoms with Crippen molar-refractivity contribution in [2.45, 2.75) is 38.5 Å². The van der Waals surface area contributed by atoms with Crippen LogP contribution in [0.2, 0.25) is 0 Å². The predicted molar refractivity (Wildman–Crippen MR) is 109 cm³/mol. The molecule has 1 aliphatic heterocycles. The second kappa shape index (κ2) is 6.48. The molecule has 0 spiro atoms. The first-order chi connectivity index (χ1) is 13.3. The van der Waals surface area contributed by atoms with Crippen molar-refractivity contribution in [3.8, 4) is 0 Å². The van der Waals surface area contributed by atoms with Crippen LogP contribution >= 0.6 is 0 Å². The maximum Gasteiger partial charge on any atom is 0.334 e. The third kappa shape index (κ3) is 2.85. The summed E-state index contributed by atoms with van der Waals surface area (Å²) in [6.07, 6.45) is 0.395. The van der Waals surface area contributed by atoms with Crippen molar-refractivity contribution in [1.82, 2.24) is 4.90 Å². The van der Waals surface area contributed by atoms with E-state index in [1.807, 2.05) is 72.8 Å². The molecular formula is C24H23NO3. The van der Waals surface area contributed by atoms with Gasteiger partial charge in [-0.3, -0.25) is 9.69 Å². The fraction of sp³-hybridized carbons (Fsp3) is 0.250. The molecule has 0 aliphatic carbocycles. The summed E-state index contributed by atoms with van der Waals surface area (Å²) in [6, 6.07) is 23.2. The second-order valence-electron chi connectivity index (χ2n) is 7.94. The number of hydrogen-bond donors (Lipinski definition) is 0. The van der Waals surface area contributed by atoms with Crippen LogP contribution in [0, 0.1) is 0 Å². The number of amides is 1. The van der Waals surface area contributed by atoms with E-state index in [0.717, 1.165) is 16.3 Å². The van der Waals surface area contributed by atoms with Gasteiger partial charge in [0.25, 0.3) is 5.91 Å². The van der Waals surface area contributed by atoms with E-state index in [9.17, 15) is 9.59 Å². The molecule has 0 radical (unpaired) electrons. The van der Waals surface area contributed by atoms with Gasteiger partial charge in [0, 0.05) is 12.0 Å². The Morgan fingerprint density at radius 3 is 2.29 bits per heavy atom. The number of fused-ring (bicyclic) bond motifs is 1. The Hall–Kier alpha value is -3.14. The van der Waals surface area contributed by atoms with Crippen LogP contribution in [0.15, 0.2) is 72.8 Å². The van der Waals surface area contributed by atoms with E-state index >= 15 is 0 Å². The Bertz CT molecular complexity index is 1050. The lowest BCUT2D eigenvalue weighted by molar-refractivity contribution is -0.149. The van der Waals surface area contributed by atoms with E-state index < -0.39 is 11.3 Å². The number of ether oxygens (including phenoxy) is 1. The van der Waals surface area contributed by atoms with Crippen LogP contribution in [0.3, 0.4) is 0 Å². The fourth-order valence-corrected chi connectivity index (χ4v) is 4.21. The highest BCUT2D eigenvalue weighted by Crippen LogP contribution is 2.40. The molecule has 0 unspecified atom stereocenters. The van der Waals surface area contributed by atoms with Crippen molar-refractivity contribution in [3.05, 3.63) is 83.9 Å². The molecule has 0 aromatic heterocycles. The Morgan fingerprint density at radius 2 is 1.54 bits per heavy atom. The zero-order valence-corrected chi connectivity index (χ0v) is 16.3. The topological polar surface area (TPSA) is 46.6 Å². The summed E-state index contributed by atoms with van der Waals surface area (Å²) in [6.45, 7) is 5.33. The number of nitrogens with zero attached hydrogens (tertiary/aromatic N) is 1. The Balaban J connectivity index is 1.82. The molecule has 1 atom stereocenters. The summed E-state index contributed by atoms with van der Waals surface area (Å²) in [5, 5.41) is 1.86. The van der Waals surface area contributed by atoms with Gasteiger partial charge in [-0.25, -0.2) is 4.79 Å². The lowest BCUT2D eigenvalue weighted by Gasteiger charge is -2.37. The summed E-state index contributed by atoms with van der Waals surface area (Å²) in [5.74, 6) is -0.582. The molecule has 1 saturated heterocycles. The average Bonchev–Trinajstić information content (AvgIpc) is 2.85. The number of hydrogen-bond acceptors (Lipinski definition) is 3. The van der Waals surface area contributed by atoms with Crippen LogP contribution in [-0.2, 0) is 16.0 Å². The first-order valence-electron chi connectivity index (χ1n) is 9.43. The van der Waals surface area contributed by atoms with Gasteiger partial charge in [-0.1, -0.05) is 66.7 Å². The van der Waals surface area contributed by atoms with E-state index in [2.05, 4.69) is 0 Å². The van der Waals surface area contributed by atoms with Gasteiger partial charge < -0.3 is 4.74 Å². The Morgan fingerprint density at radius 1 is 0.893 bits per heavy atom. The molecule has 1 aliphatic rings. The lowest BCUT2D eigenvalue weighted by Crippen LogP contribution is -2.56. The molecule has 4 nitrogen and oxygen atoms in total. The number of rotatable bonds is 3. The van der Waals surface area contributed by atoms with E-state index in [1.165, 1.54) is 0 Å². The highest BCUT2D eigenvalue weighted by Gasteiger charge is 2.58. The van der Waals surface area contributed by atoms with E-state index in [-0.39, 0.29) is 11.9 Å². The summed E-state index contributed by atoms with van der Waals surface area (Å²) in [5.41, 5.74) is -0.563. The van der Waals surface area contributed by atoms with Gasteiger partial charge in [0.05, 0.1) is 0 Å². The molecule has 0 bridgehead atoms. The Kier molecular flexibility index (Phi) is 4.22. The molecule has 4 rings (SSSR count). The summed E-state index contributed by atoms with van der Waals surface area (Å²) >= 11 is 0. The SMILES string of the molecule is CC1(C)OC(=O)[C@](C)(Cc2ccccc2)N1C(=O)c1cccc2ccccc12. The minimum atomic E-state index is -1.08. The fourth-order valence-electron chi connectivity index (χ4n) is 4.21. The third-order valence-electron chi connectivity index (χ3n) is 5.43. The highest BCUT2D eigenvalue weighted by molar-refractivity contribution is 6.09. The normalized spacial score (nSPS) is 21.0. The van der Waals surface area contributed by atoms with Gasteiger partial charge in [0.1, 0.15) is 5.54 Å². The summed E-state index contributed by atoms with van der Waals surface area (Å²) < 4.78 is 5.67. The minimum absolute atomic E-state index is 0.203. The highest BCUT2D eigenvalue weighted by atomic mass is 16.6. The maximum absolute atomic E-state index is 13.7. The number of esters is 1. The number of carbonyl (C=O) groups is 2. The second-order valence-corrected chi connectivity index (χ2v) is 7.94. The van der Waals surface area contributed by atoms with Crippen molar-refractivity contribution in [3.63, 3.8) is 0 Å². The Labute approximate surface area is 164 Å². The lowest BCUT2D eigenvalue weighted by atomic mass is 9.89. The van der Waals surface area contributed by atoms with Gasteiger partial charge in [0.15, 0.2) is 5.72 Å². The van der Waals surface area contributed by atoms with Crippen molar-refractivity contribution >= 4 is 22.6 Å². The van der Waals surface area contributed by atoms with Crippen LogP contribution in [0.5, 0.6) is 0 Å². The molecule has 3 aromatic carbocycles. The van der Waals surface area contributed by atoms with E-state index in [1.54, 1.807) is 25.7 Å². The first kappa shape index (κ1) is 18.2. The summed E-state index contributed by atoms with van der Waals surface area (Å²) in [7, 11) is 0. The van der Waals surface area contributed by atoms with E-state index in [4.69, 9.17) is 4.74 Å². The molecule has 1 amide bonds.